The van der Waals surface area contributed by atoms with Crippen LogP contribution in [0.3, 0.4) is 0 Å². The first-order chi connectivity index (χ1) is 6.50. The van der Waals surface area contributed by atoms with Gasteiger partial charge in [0, 0.05) is 18.2 Å². The van der Waals surface area contributed by atoms with E-state index in [0.717, 1.165) is 0 Å². The molecule has 1 heterocycles. The van der Waals surface area contributed by atoms with Crippen LogP contribution in [0.1, 0.15) is 50.8 Å². The van der Waals surface area contributed by atoms with Crippen LogP contribution in [0.25, 0.3) is 0 Å². The zero-order valence-corrected chi connectivity index (χ0v) is 9.72. The average Bonchev–Trinajstić information content (AvgIpc) is 2.44. The van der Waals surface area contributed by atoms with Gasteiger partial charge in [-0.15, -0.1) is 0 Å². The second kappa shape index (κ2) is 3.11. The van der Waals surface area contributed by atoms with Crippen LogP contribution in [0, 0.1) is 0 Å². The van der Waals surface area contributed by atoms with Gasteiger partial charge in [0.1, 0.15) is 5.82 Å². The summed E-state index contributed by atoms with van der Waals surface area (Å²) in [6.45, 7) is 6.71. The number of aromatic nitrogens is 2. The van der Waals surface area contributed by atoms with Gasteiger partial charge in [0.15, 0.2) is 0 Å². The molecule has 1 aliphatic rings. The van der Waals surface area contributed by atoms with Crippen LogP contribution in [-0.2, 0) is 25.3 Å². The topological polar surface area (TPSA) is 17.8 Å². The number of hydrogen-bond donors (Lipinski definition) is 0. The maximum Gasteiger partial charge on any atom is 0.114 e. The minimum absolute atomic E-state index is 0.173. The van der Waals surface area contributed by atoms with Gasteiger partial charge in [-0.05, 0) is 25.7 Å². The van der Waals surface area contributed by atoms with Crippen molar-refractivity contribution in [2.24, 2.45) is 7.05 Å². The molecule has 0 aromatic carbocycles. The van der Waals surface area contributed by atoms with Crippen LogP contribution >= 0.6 is 0 Å². The summed E-state index contributed by atoms with van der Waals surface area (Å²) in [7, 11) is 2.16. The molecule has 0 unspecified atom stereocenters. The van der Waals surface area contributed by atoms with E-state index in [1.807, 2.05) is 0 Å². The fourth-order valence-electron chi connectivity index (χ4n) is 2.36. The molecule has 0 aliphatic heterocycles. The van der Waals surface area contributed by atoms with Crippen molar-refractivity contribution in [1.82, 2.24) is 9.55 Å². The Morgan fingerprint density at radius 2 is 1.79 bits per heavy atom. The first-order valence-corrected chi connectivity index (χ1v) is 5.55. The summed E-state index contributed by atoms with van der Waals surface area (Å²) in [4.78, 5) is 4.78. The lowest BCUT2D eigenvalue weighted by Crippen LogP contribution is -2.18. The summed E-state index contributed by atoms with van der Waals surface area (Å²) >= 11 is 0. The van der Waals surface area contributed by atoms with Crippen molar-refractivity contribution in [3.05, 3.63) is 17.2 Å². The molecule has 1 aliphatic carbocycles. The minimum atomic E-state index is 0.173. The Hall–Kier alpha value is -0.790. The third-order valence-electron chi connectivity index (χ3n) is 3.04. The van der Waals surface area contributed by atoms with Crippen LogP contribution < -0.4 is 0 Å². The fourth-order valence-corrected chi connectivity index (χ4v) is 2.36. The Morgan fingerprint density at radius 1 is 1.14 bits per heavy atom. The van der Waals surface area contributed by atoms with E-state index in [0.29, 0.717) is 0 Å². The molecule has 1 aromatic rings. The van der Waals surface area contributed by atoms with E-state index in [-0.39, 0.29) is 5.41 Å². The van der Waals surface area contributed by atoms with Crippen molar-refractivity contribution in [2.75, 3.05) is 0 Å². The minimum Gasteiger partial charge on any atom is -0.334 e. The predicted molar refractivity (Wildman–Crippen MR) is 58.6 cm³/mol. The molecular weight excluding hydrogens is 172 g/mol. The molecule has 2 nitrogen and oxygen atoms in total. The summed E-state index contributed by atoms with van der Waals surface area (Å²) < 4.78 is 2.31. The van der Waals surface area contributed by atoms with Gasteiger partial charge < -0.3 is 4.57 Å². The number of nitrogens with zero attached hydrogens (tertiary/aromatic N) is 2. The number of rotatable bonds is 0. The van der Waals surface area contributed by atoms with E-state index in [1.54, 1.807) is 0 Å². The molecule has 2 rings (SSSR count). The van der Waals surface area contributed by atoms with E-state index in [2.05, 4.69) is 32.4 Å². The standard InChI is InChI=1S/C12H20N2/c1-12(2,3)11-13-9-7-5-6-8-10(9)14(11)4/h5-8H2,1-4H3. The quantitative estimate of drug-likeness (QED) is 0.618. The van der Waals surface area contributed by atoms with E-state index in [1.165, 1.54) is 42.9 Å². The number of hydrogen-bond acceptors (Lipinski definition) is 1. The monoisotopic (exact) mass is 192 g/mol. The van der Waals surface area contributed by atoms with Gasteiger partial charge in [-0.1, -0.05) is 20.8 Å². The summed E-state index contributed by atoms with van der Waals surface area (Å²) in [5, 5.41) is 0. The van der Waals surface area contributed by atoms with Crippen LogP contribution in [0.5, 0.6) is 0 Å². The molecular formula is C12H20N2. The molecule has 78 valence electrons. The van der Waals surface area contributed by atoms with Crippen molar-refractivity contribution >= 4 is 0 Å². The van der Waals surface area contributed by atoms with Crippen molar-refractivity contribution < 1.29 is 0 Å². The van der Waals surface area contributed by atoms with Gasteiger partial charge in [0.25, 0.3) is 0 Å². The number of imidazole rings is 1. The number of fused-ring (bicyclic) bond motifs is 1. The van der Waals surface area contributed by atoms with Crippen molar-refractivity contribution in [1.29, 1.82) is 0 Å². The summed E-state index contributed by atoms with van der Waals surface area (Å²) in [5.74, 6) is 1.24. The van der Waals surface area contributed by atoms with Crippen LogP contribution in [0.4, 0.5) is 0 Å². The molecule has 0 spiro atoms. The van der Waals surface area contributed by atoms with Gasteiger partial charge >= 0.3 is 0 Å². The van der Waals surface area contributed by atoms with Crippen LogP contribution in [0.15, 0.2) is 0 Å². The Bertz CT molecular complexity index is 342. The Morgan fingerprint density at radius 3 is 2.36 bits per heavy atom. The molecule has 0 amide bonds. The van der Waals surface area contributed by atoms with Crippen LogP contribution in [0.2, 0.25) is 0 Å². The summed E-state index contributed by atoms with van der Waals surface area (Å²) in [6, 6.07) is 0. The Balaban J connectivity index is 2.49. The SMILES string of the molecule is Cn1c(C(C)(C)C)nc2c1CCCC2. The molecule has 0 N–H and O–H groups in total. The summed E-state index contributed by atoms with van der Waals surface area (Å²) in [6.07, 6.45) is 5.04. The maximum atomic E-state index is 4.78. The first kappa shape index (κ1) is 9.75. The van der Waals surface area contributed by atoms with Crippen molar-refractivity contribution in [2.45, 2.75) is 51.9 Å². The molecule has 1 aromatic heterocycles. The van der Waals surface area contributed by atoms with Crippen molar-refractivity contribution in [3.8, 4) is 0 Å². The third-order valence-corrected chi connectivity index (χ3v) is 3.04. The molecule has 14 heavy (non-hydrogen) atoms. The van der Waals surface area contributed by atoms with Gasteiger partial charge in [-0.25, -0.2) is 4.98 Å². The molecule has 0 fully saturated rings. The fraction of sp³-hybridized carbons (Fsp3) is 0.750. The highest BCUT2D eigenvalue weighted by atomic mass is 15.1. The van der Waals surface area contributed by atoms with E-state index < -0.39 is 0 Å². The van der Waals surface area contributed by atoms with E-state index in [9.17, 15) is 0 Å². The molecule has 2 heteroatoms. The van der Waals surface area contributed by atoms with Crippen molar-refractivity contribution in [3.63, 3.8) is 0 Å². The maximum absolute atomic E-state index is 4.78. The van der Waals surface area contributed by atoms with Gasteiger partial charge in [0.2, 0.25) is 0 Å². The predicted octanol–water partition coefficient (Wildman–Crippen LogP) is 2.60. The summed E-state index contributed by atoms with van der Waals surface area (Å²) in [5.41, 5.74) is 3.00. The lowest BCUT2D eigenvalue weighted by molar-refractivity contribution is 0.517. The number of aryl methyl sites for hydroxylation is 1. The van der Waals surface area contributed by atoms with E-state index >= 15 is 0 Å². The Labute approximate surface area is 86.3 Å². The zero-order valence-electron chi connectivity index (χ0n) is 9.72. The lowest BCUT2D eigenvalue weighted by atomic mass is 9.96. The van der Waals surface area contributed by atoms with Gasteiger partial charge in [-0.2, -0.15) is 0 Å². The molecule has 0 bridgehead atoms. The van der Waals surface area contributed by atoms with Gasteiger partial charge in [0.05, 0.1) is 5.69 Å². The largest absolute Gasteiger partial charge is 0.334 e. The zero-order chi connectivity index (χ0) is 10.3. The molecule has 0 saturated carbocycles. The average molecular weight is 192 g/mol. The van der Waals surface area contributed by atoms with E-state index in [4.69, 9.17) is 4.98 Å². The normalized spacial score (nSPS) is 16.9. The van der Waals surface area contributed by atoms with Crippen LogP contribution in [-0.4, -0.2) is 9.55 Å². The highest BCUT2D eigenvalue weighted by Crippen LogP contribution is 2.27. The molecule has 0 saturated heterocycles. The highest BCUT2D eigenvalue weighted by molar-refractivity contribution is 5.22. The third kappa shape index (κ3) is 1.47. The second-order valence-electron chi connectivity index (χ2n) is 5.34. The van der Waals surface area contributed by atoms with Gasteiger partial charge in [-0.3, -0.25) is 0 Å². The molecule has 0 radical (unpaired) electrons. The first-order valence-electron chi connectivity index (χ1n) is 5.55. The Kier molecular flexibility index (Phi) is 2.17. The smallest absolute Gasteiger partial charge is 0.114 e. The molecule has 0 atom stereocenters. The second-order valence-corrected chi connectivity index (χ2v) is 5.34. The lowest BCUT2D eigenvalue weighted by Gasteiger charge is -2.18. The highest BCUT2D eigenvalue weighted by Gasteiger charge is 2.24.